The second kappa shape index (κ2) is 9.84. The van der Waals surface area contributed by atoms with Gasteiger partial charge in [0.1, 0.15) is 11.5 Å². The number of methoxy groups -OCH3 is 1. The van der Waals surface area contributed by atoms with Gasteiger partial charge in [0.05, 0.1) is 52.2 Å². The number of benzene rings is 3. The number of halogens is 1. The lowest BCUT2D eigenvalue weighted by Gasteiger charge is -2.20. The van der Waals surface area contributed by atoms with E-state index in [1.807, 2.05) is 34.9 Å². The molecular weight excluding hydrogens is 455 g/mol. The minimum atomic E-state index is -0.315. The molecular formula is C28H23FN6O. The van der Waals surface area contributed by atoms with E-state index in [0.29, 0.717) is 34.9 Å². The molecule has 178 valence electrons. The van der Waals surface area contributed by atoms with Crippen LogP contribution >= 0.6 is 0 Å². The standard InChI is InChI=1S/C28H23FN6O/c1-3-12-31-22-16-27-25(15-23(22)33-21-5-4-13-32-28(21)36-2)34-24-14-18(17-30)6-11-26(24)35(27)20-9-7-19(29)8-10-20/h4-11,13-16,33H,3,12H2,1-2H3. The van der Waals surface area contributed by atoms with Crippen molar-refractivity contribution in [3.63, 3.8) is 0 Å². The van der Waals surface area contributed by atoms with Crippen LogP contribution in [0.15, 0.2) is 77.9 Å². The van der Waals surface area contributed by atoms with Crippen molar-refractivity contribution in [1.82, 2.24) is 14.5 Å². The summed E-state index contributed by atoms with van der Waals surface area (Å²) in [5.41, 5.74) is 5.66. The van der Waals surface area contributed by atoms with Crippen LogP contribution in [0.1, 0.15) is 18.9 Å². The van der Waals surface area contributed by atoms with Crippen molar-refractivity contribution >= 4 is 22.4 Å². The number of hydrogen-bond donors (Lipinski definition) is 1. The Kier molecular flexibility index (Phi) is 6.29. The van der Waals surface area contributed by atoms with Gasteiger partial charge in [0.25, 0.3) is 0 Å². The third kappa shape index (κ3) is 4.34. The van der Waals surface area contributed by atoms with E-state index in [2.05, 4.69) is 23.3 Å². The van der Waals surface area contributed by atoms with Gasteiger partial charge in [0, 0.05) is 18.4 Å². The second-order valence-corrected chi connectivity index (χ2v) is 8.16. The normalized spacial score (nSPS) is 11.6. The van der Waals surface area contributed by atoms with Crippen LogP contribution in [0.5, 0.6) is 5.88 Å². The van der Waals surface area contributed by atoms with Gasteiger partial charge in [-0.15, -0.1) is 0 Å². The van der Waals surface area contributed by atoms with E-state index in [-0.39, 0.29) is 5.82 Å². The highest BCUT2D eigenvalue weighted by atomic mass is 19.1. The van der Waals surface area contributed by atoms with Crippen molar-refractivity contribution in [2.24, 2.45) is 4.99 Å². The zero-order chi connectivity index (χ0) is 25.1. The van der Waals surface area contributed by atoms with Gasteiger partial charge in [0.15, 0.2) is 0 Å². The topological polar surface area (TPSA) is 88.1 Å². The third-order valence-electron chi connectivity index (χ3n) is 5.74. The maximum atomic E-state index is 13.8. The number of fused-ring (bicyclic) bond motifs is 2. The Morgan fingerprint density at radius 3 is 2.67 bits per heavy atom. The summed E-state index contributed by atoms with van der Waals surface area (Å²) >= 11 is 0. The van der Waals surface area contributed by atoms with Gasteiger partial charge in [0.2, 0.25) is 5.88 Å². The van der Waals surface area contributed by atoms with Gasteiger partial charge in [-0.2, -0.15) is 5.26 Å². The largest absolute Gasteiger partial charge is 0.480 e. The van der Waals surface area contributed by atoms with Crippen molar-refractivity contribution in [2.45, 2.75) is 13.3 Å². The molecule has 2 heterocycles. The molecule has 8 heteroatoms. The van der Waals surface area contributed by atoms with E-state index < -0.39 is 0 Å². The smallest absolute Gasteiger partial charge is 0.237 e. The van der Waals surface area contributed by atoms with Gasteiger partial charge in [-0.1, -0.05) is 6.92 Å². The molecule has 0 atom stereocenters. The van der Waals surface area contributed by atoms with Crippen molar-refractivity contribution < 1.29 is 9.13 Å². The molecule has 1 aromatic heterocycles. The molecule has 7 nitrogen and oxygen atoms in total. The Labute approximate surface area is 207 Å². The first-order valence-corrected chi connectivity index (χ1v) is 11.5. The number of aromatic nitrogens is 3. The summed E-state index contributed by atoms with van der Waals surface area (Å²) in [6, 6.07) is 21.5. The molecule has 0 amide bonds. The van der Waals surface area contributed by atoms with Crippen molar-refractivity contribution in [3.8, 4) is 29.0 Å². The first-order valence-electron chi connectivity index (χ1n) is 11.5. The quantitative estimate of drug-likeness (QED) is 0.321. The monoisotopic (exact) mass is 478 g/mol. The highest BCUT2D eigenvalue weighted by Gasteiger charge is 2.18. The maximum Gasteiger partial charge on any atom is 0.237 e. The van der Waals surface area contributed by atoms with Crippen LogP contribution in [0.3, 0.4) is 0 Å². The molecule has 0 saturated carbocycles. The van der Waals surface area contributed by atoms with Crippen LogP contribution in [0.4, 0.5) is 15.8 Å². The zero-order valence-electron chi connectivity index (χ0n) is 19.9. The molecule has 0 bridgehead atoms. The highest BCUT2D eigenvalue weighted by Crippen LogP contribution is 2.32. The molecule has 2 aliphatic rings. The lowest BCUT2D eigenvalue weighted by atomic mass is 10.1. The zero-order valence-corrected chi connectivity index (χ0v) is 19.9. The van der Waals surface area contributed by atoms with Gasteiger partial charge in [-0.25, -0.2) is 14.4 Å². The minimum Gasteiger partial charge on any atom is -0.480 e. The number of nitrogens with one attached hydrogen (secondary N) is 1. The molecule has 3 aromatic rings. The van der Waals surface area contributed by atoms with Gasteiger partial charge < -0.3 is 14.6 Å². The Balaban J connectivity index is 1.82. The maximum absolute atomic E-state index is 13.8. The Morgan fingerprint density at radius 2 is 1.92 bits per heavy atom. The van der Waals surface area contributed by atoms with Crippen molar-refractivity contribution in [1.29, 1.82) is 5.26 Å². The van der Waals surface area contributed by atoms with Crippen molar-refractivity contribution in [3.05, 3.63) is 89.7 Å². The summed E-state index contributed by atoms with van der Waals surface area (Å²) in [7, 11) is 1.57. The lowest BCUT2D eigenvalue weighted by molar-refractivity contribution is 0.400. The fourth-order valence-corrected chi connectivity index (χ4v) is 4.09. The first kappa shape index (κ1) is 23.0. The van der Waals surface area contributed by atoms with Crippen molar-refractivity contribution in [2.75, 3.05) is 19.0 Å². The molecule has 5 rings (SSSR count). The first-order chi connectivity index (χ1) is 17.6. The molecule has 1 aliphatic heterocycles. The Hall–Kier alpha value is -4.77. The number of nitrogens with zero attached hydrogens (tertiary/aromatic N) is 5. The fourth-order valence-electron chi connectivity index (χ4n) is 4.09. The predicted molar refractivity (Wildman–Crippen MR) is 137 cm³/mol. The molecule has 1 aliphatic carbocycles. The number of anilines is 2. The Morgan fingerprint density at radius 1 is 1.08 bits per heavy atom. The summed E-state index contributed by atoms with van der Waals surface area (Å²) in [4.78, 5) is 14.0. The van der Waals surface area contributed by atoms with E-state index in [0.717, 1.165) is 34.4 Å². The van der Waals surface area contributed by atoms with E-state index >= 15 is 0 Å². The molecule has 0 radical (unpaired) electrons. The van der Waals surface area contributed by atoms with Crippen LogP contribution in [0.2, 0.25) is 0 Å². The van der Waals surface area contributed by atoms with Crippen LogP contribution in [0, 0.1) is 17.1 Å². The van der Waals surface area contributed by atoms with E-state index in [9.17, 15) is 9.65 Å². The lowest BCUT2D eigenvalue weighted by Crippen LogP contribution is -2.15. The van der Waals surface area contributed by atoms with Crippen LogP contribution < -0.4 is 15.4 Å². The summed E-state index contributed by atoms with van der Waals surface area (Å²) < 4.78 is 21.2. The number of hydrogen-bond acceptors (Lipinski definition) is 6. The highest BCUT2D eigenvalue weighted by molar-refractivity contribution is 5.85. The summed E-state index contributed by atoms with van der Waals surface area (Å²) in [5.74, 6) is 0.148. The van der Waals surface area contributed by atoms with Gasteiger partial charge in [-0.05, 0) is 73.2 Å². The number of nitriles is 1. The minimum absolute atomic E-state index is 0.315. The Bertz CT molecular complexity index is 1640. The van der Waals surface area contributed by atoms with Crippen LogP contribution in [-0.2, 0) is 0 Å². The summed E-state index contributed by atoms with van der Waals surface area (Å²) in [6.45, 7) is 2.72. The average molecular weight is 479 g/mol. The second-order valence-electron chi connectivity index (χ2n) is 8.16. The number of ether oxygens (including phenoxy) is 1. The molecule has 0 fully saturated rings. The molecule has 0 spiro atoms. The van der Waals surface area contributed by atoms with E-state index in [1.165, 1.54) is 12.1 Å². The molecule has 36 heavy (non-hydrogen) atoms. The van der Waals surface area contributed by atoms with Gasteiger partial charge >= 0.3 is 0 Å². The van der Waals surface area contributed by atoms with Crippen LogP contribution in [-0.4, -0.2) is 28.2 Å². The molecule has 0 unspecified atom stereocenters. The fraction of sp³-hybridized carbons (Fsp3) is 0.143. The number of rotatable bonds is 6. The summed E-state index contributed by atoms with van der Waals surface area (Å²) in [5, 5.41) is 13.6. The predicted octanol–water partition coefficient (Wildman–Crippen LogP) is 5.60. The molecule has 1 N–H and O–H groups in total. The van der Waals surface area contributed by atoms with E-state index in [1.54, 1.807) is 37.6 Å². The molecule has 2 aromatic carbocycles. The van der Waals surface area contributed by atoms with Gasteiger partial charge in [-0.3, -0.25) is 4.99 Å². The number of pyridine rings is 1. The average Bonchev–Trinajstić information content (AvgIpc) is 2.91. The van der Waals surface area contributed by atoms with E-state index in [4.69, 9.17) is 14.7 Å². The van der Waals surface area contributed by atoms with Crippen LogP contribution in [0.25, 0.3) is 28.1 Å². The SMILES string of the molecule is CCCN=c1cc2n(-c3ccc(F)cc3)c3ccc(C#N)cc3nc-2cc1Nc1cccnc1OC. The molecule has 0 saturated heterocycles. The third-order valence-corrected chi connectivity index (χ3v) is 5.74. The summed E-state index contributed by atoms with van der Waals surface area (Å²) in [6.07, 6.45) is 2.55.